The Kier molecular flexibility index (Phi) is 5.88. The summed E-state index contributed by atoms with van der Waals surface area (Å²) in [6.45, 7) is 4.00. The highest BCUT2D eigenvalue weighted by atomic mass is 32.2. The maximum Gasteiger partial charge on any atom is 0.238 e. The van der Waals surface area contributed by atoms with Crippen molar-refractivity contribution in [3.05, 3.63) is 0 Å². The summed E-state index contributed by atoms with van der Waals surface area (Å²) < 4.78 is 25.7. The van der Waals surface area contributed by atoms with Crippen molar-refractivity contribution in [2.45, 2.75) is 75.3 Å². The molecule has 2 fully saturated rings. The van der Waals surface area contributed by atoms with Crippen molar-refractivity contribution < 1.29 is 13.2 Å². The number of sulfone groups is 1. The van der Waals surface area contributed by atoms with Crippen LogP contribution in [0.5, 0.6) is 0 Å². The molecule has 0 aromatic rings. The highest BCUT2D eigenvalue weighted by Crippen LogP contribution is 2.31. The zero-order chi connectivity index (χ0) is 16.3. The minimum absolute atomic E-state index is 0.0471. The van der Waals surface area contributed by atoms with Crippen LogP contribution in [-0.4, -0.2) is 37.4 Å². The van der Waals surface area contributed by atoms with Crippen LogP contribution in [0.15, 0.2) is 0 Å². The Morgan fingerprint density at radius 1 is 1.14 bits per heavy atom. The van der Waals surface area contributed by atoms with Crippen LogP contribution in [0, 0.1) is 11.8 Å². The predicted octanol–water partition coefficient (Wildman–Crippen LogP) is 1.61. The molecule has 1 amide bonds. The van der Waals surface area contributed by atoms with Gasteiger partial charge in [0, 0.05) is 12.6 Å². The van der Waals surface area contributed by atoms with Gasteiger partial charge >= 0.3 is 0 Å². The van der Waals surface area contributed by atoms with Crippen molar-refractivity contribution in [2.24, 2.45) is 17.6 Å². The van der Waals surface area contributed by atoms with Crippen LogP contribution in [0.2, 0.25) is 0 Å². The number of amides is 1. The largest absolute Gasteiger partial charge is 0.353 e. The van der Waals surface area contributed by atoms with Gasteiger partial charge in [0.2, 0.25) is 5.91 Å². The number of carbonyl (C=O) groups is 1. The highest BCUT2D eigenvalue weighted by Gasteiger charge is 2.41. The van der Waals surface area contributed by atoms with Gasteiger partial charge in [-0.25, -0.2) is 8.42 Å². The van der Waals surface area contributed by atoms with Crippen molar-refractivity contribution in [2.75, 3.05) is 6.54 Å². The molecule has 0 spiro atoms. The molecule has 2 rings (SSSR count). The van der Waals surface area contributed by atoms with Crippen molar-refractivity contribution in [3.63, 3.8) is 0 Å². The minimum Gasteiger partial charge on any atom is -0.353 e. The summed E-state index contributed by atoms with van der Waals surface area (Å²) in [6.07, 6.45) is 6.61. The number of nitrogens with one attached hydrogen (secondary N) is 1. The van der Waals surface area contributed by atoms with E-state index < -0.39 is 15.1 Å². The van der Waals surface area contributed by atoms with E-state index >= 15 is 0 Å². The van der Waals surface area contributed by atoms with Crippen LogP contribution in [0.25, 0.3) is 0 Å². The number of carbonyl (C=O) groups excluding carboxylic acids is 1. The highest BCUT2D eigenvalue weighted by molar-refractivity contribution is 7.93. The van der Waals surface area contributed by atoms with Crippen molar-refractivity contribution in [3.8, 4) is 0 Å². The fourth-order valence-corrected chi connectivity index (χ4v) is 5.99. The van der Waals surface area contributed by atoms with Crippen LogP contribution in [0.1, 0.15) is 58.8 Å². The Morgan fingerprint density at radius 3 is 2.23 bits per heavy atom. The lowest BCUT2D eigenvalue weighted by molar-refractivity contribution is -0.121. The van der Waals surface area contributed by atoms with Gasteiger partial charge in [-0.1, -0.05) is 33.1 Å². The second-order valence-corrected chi connectivity index (χ2v) is 9.61. The standard InChI is InChI=1S/C16H30N2O3S/c1-11(2)15(16(19)18-10-14(17)12-8-9-12)22(20,21)13-6-4-3-5-7-13/h11-15H,3-10,17H2,1-2H3,(H,18,19). The first-order chi connectivity index (χ1) is 10.3. The Labute approximate surface area is 134 Å². The normalized spacial score (nSPS) is 23.3. The summed E-state index contributed by atoms with van der Waals surface area (Å²) in [5.41, 5.74) is 5.99. The Balaban J connectivity index is 2.02. The molecule has 0 heterocycles. The minimum atomic E-state index is -3.43. The zero-order valence-electron chi connectivity index (χ0n) is 13.8. The molecule has 128 valence electrons. The Morgan fingerprint density at radius 2 is 1.73 bits per heavy atom. The number of hydrogen-bond acceptors (Lipinski definition) is 4. The summed E-state index contributed by atoms with van der Waals surface area (Å²) >= 11 is 0. The number of rotatable bonds is 7. The van der Waals surface area contributed by atoms with Gasteiger partial charge in [-0.15, -0.1) is 0 Å². The van der Waals surface area contributed by atoms with Gasteiger partial charge in [0.15, 0.2) is 9.84 Å². The summed E-state index contributed by atoms with van der Waals surface area (Å²) in [7, 11) is -3.43. The van der Waals surface area contributed by atoms with Gasteiger partial charge in [-0.05, 0) is 37.5 Å². The first kappa shape index (κ1) is 17.7. The third-order valence-electron chi connectivity index (χ3n) is 4.97. The average molecular weight is 330 g/mol. The van der Waals surface area contributed by atoms with Crippen LogP contribution in [-0.2, 0) is 14.6 Å². The van der Waals surface area contributed by atoms with E-state index in [9.17, 15) is 13.2 Å². The third-order valence-corrected chi connectivity index (χ3v) is 7.84. The Hall–Kier alpha value is -0.620. The molecule has 2 saturated carbocycles. The van der Waals surface area contributed by atoms with Crippen LogP contribution >= 0.6 is 0 Å². The first-order valence-corrected chi connectivity index (χ1v) is 10.2. The molecule has 0 saturated heterocycles. The molecule has 5 nitrogen and oxygen atoms in total. The van der Waals surface area contributed by atoms with Gasteiger partial charge in [0.25, 0.3) is 0 Å². The molecule has 0 aromatic carbocycles. The smallest absolute Gasteiger partial charge is 0.238 e. The van der Waals surface area contributed by atoms with Crippen LogP contribution < -0.4 is 11.1 Å². The molecule has 2 unspecified atom stereocenters. The SMILES string of the molecule is CC(C)C(C(=O)NCC(N)C1CC1)S(=O)(=O)C1CCCCC1. The quantitative estimate of drug-likeness (QED) is 0.742. The summed E-state index contributed by atoms with van der Waals surface area (Å²) in [5.74, 6) is -0.0894. The van der Waals surface area contributed by atoms with E-state index in [1.807, 2.05) is 13.8 Å². The summed E-state index contributed by atoms with van der Waals surface area (Å²) in [5, 5.41) is 1.49. The predicted molar refractivity (Wildman–Crippen MR) is 88.1 cm³/mol. The molecule has 0 radical (unpaired) electrons. The molecular formula is C16H30N2O3S. The average Bonchev–Trinajstić information content (AvgIpc) is 3.29. The maximum atomic E-state index is 12.9. The lowest BCUT2D eigenvalue weighted by Crippen LogP contribution is -2.49. The lowest BCUT2D eigenvalue weighted by Gasteiger charge is -2.28. The molecule has 2 aliphatic rings. The Bertz CT molecular complexity index is 480. The lowest BCUT2D eigenvalue weighted by atomic mass is 10.0. The van der Waals surface area contributed by atoms with Crippen molar-refractivity contribution in [1.29, 1.82) is 0 Å². The van der Waals surface area contributed by atoms with Gasteiger partial charge < -0.3 is 11.1 Å². The molecule has 22 heavy (non-hydrogen) atoms. The number of nitrogens with two attached hydrogens (primary N) is 1. The van der Waals surface area contributed by atoms with Crippen molar-refractivity contribution in [1.82, 2.24) is 5.32 Å². The molecule has 2 atom stereocenters. The molecule has 0 bridgehead atoms. The number of hydrogen-bond donors (Lipinski definition) is 2. The van der Waals surface area contributed by atoms with Crippen LogP contribution in [0.3, 0.4) is 0 Å². The maximum absolute atomic E-state index is 12.9. The van der Waals surface area contributed by atoms with E-state index in [4.69, 9.17) is 5.73 Å². The fraction of sp³-hybridized carbons (Fsp3) is 0.938. The van der Waals surface area contributed by atoms with Gasteiger partial charge in [0.1, 0.15) is 5.25 Å². The molecule has 3 N–H and O–H groups in total. The monoisotopic (exact) mass is 330 g/mol. The van der Waals surface area contributed by atoms with E-state index in [0.717, 1.165) is 32.1 Å². The van der Waals surface area contributed by atoms with E-state index in [-0.39, 0.29) is 23.1 Å². The van der Waals surface area contributed by atoms with E-state index in [1.165, 1.54) is 0 Å². The molecule has 0 aromatic heterocycles. The molecule has 2 aliphatic carbocycles. The van der Waals surface area contributed by atoms with Gasteiger partial charge in [-0.3, -0.25) is 4.79 Å². The molecule has 0 aliphatic heterocycles. The molecule has 6 heteroatoms. The van der Waals surface area contributed by atoms with Crippen LogP contribution in [0.4, 0.5) is 0 Å². The second-order valence-electron chi connectivity index (χ2n) is 7.26. The topological polar surface area (TPSA) is 89.3 Å². The van der Waals surface area contributed by atoms with E-state index in [2.05, 4.69) is 5.32 Å². The fourth-order valence-electron chi connectivity index (χ4n) is 3.44. The van der Waals surface area contributed by atoms with E-state index in [1.54, 1.807) is 0 Å². The van der Waals surface area contributed by atoms with Crippen molar-refractivity contribution >= 4 is 15.7 Å². The summed E-state index contributed by atoms with van der Waals surface area (Å²) in [4.78, 5) is 12.5. The zero-order valence-corrected chi connectivity index (χ0v) is 14.6. The molecular weight excluding hydrogens is 300 g/mol. The third kappa shape index (κ3) is 4.22. The second kappa shape index (κ2) is 7.30. The van der Waals surface area contributed by atoms with Gasteiger partial charge in [-0.2, -0.15) is 0 Å². The van der Waals surface area contributed by atoms with Gasteiger partial charge in [0.05, 0.1) is 5.25 Å². The summed E-state index contributed by atoms with van der Waals surface area (Å²) in [6, 6.07) is -0.0471. The first-order valence-electron chi connectivity index (χ1n) is 8.60. The van der Waals surface area contributed by atoms with E-state index in [0.29, 0.717) is 25.3 Å².